The van der Waals surface area contributed by atoms with Gasteiger partial charge in [-0.1, -0.05) is 35.0 Å². The number of halogens is 2. The smallest absolute Gasteiger partial charge is 0.327 e. The Kier molecular flexibility index (Phi) is 4.80. The number of benzene rings is 2. The van der Waals surface area contributed by atoms with Crippen molar-refractivity contribution in [3.05, 3.63) is 58.2 Å². The molecule has 4 N–H and O–H groups in total. The van der Waals surface area contributed by atoms with E-state index in [0.29, 0.717) is 41.8 Å². The molecule has 1 atom stereocenters. The Morgan fingerprint density at radius 3 is 2.61 bits per heavy atom. The van der Waals surface area contributed by atoms with E-state index in [2.05, 4.69) is 10.1 Å². The van der Waals surface area contributed by atoms with Crippen molar-refractivity contribution in [1.82, 2.24) is 10.1 Å². The first-order valence-electron chi connectivity index (χ1n) is 10.4. The van der Waals surface area contributed by atoms with Gasteiger partial charge in [-0.25, -0.2) is 4.39 Å². The summed E-state index contributed by atoms with van der Waals surface area (Å²) in [6.45, 7) is 1.61. The summed E-state index contributed by atoms with van der Waals surface area (Å²) in [5, 5.41) is 4.04. The summed E-state index contributed by atoms with van der Waals surface area (Å²) in [4.78, 5) is 29.1. The molecule has 0 radical (unpaired) electrons. The molecule has 1 heterocycles. The van der Waals surface area contributed by atoms with E-state index in [1.165, 1.54) is 6.07 Å². The van der Waals surface area contributed by atoms with Crippen LogP contribution in [0.25, 0.3) is 22.5 Å². The first-order valence-corrected chi connectivity index (χ1v) is 10.8. The molecule has 2 aliphatic rings. The zero-order chi connectivity index (χ0) is 23.5. The second kappa shape index (κ2) is 7.36. The number of rotatable bonds is 5. The van der Waals surface area contributed by atoms with E-state index in [1.54, 1.807) is 31.2 Å². The molecule has 5 rings (SSSR count). The van der Waals surface area contributed by atoms with Gasteiger partial charge in [-0.15, -0.1) is 0 Å². The first kappa shape index (κ1) is 21.5. The molecule has 1 saturated carbocycles. The van der Waals surface area contributed by atoms with Gasteiger partial charge < -0.3 is 20.7 Å². The lowest BCUT2D eigenvalue weighted by Gasteiger charge is -2.28. The van der Waals surface area contributed by atoms with E-state index in [9.17, 15) is 14.0 Å². The maximum absolute atomic E-state index is 14.9. The Balaban J connectivity index is 1.59. The number of aromatic nitrogens is 2. The number of fused-ring (bicyclic) bond motifs is 1. The Morgan fingerprint density at radius 1 is 1.21 bits per heavy atom. The van der Waals surface area contributed by atoms with Gasteiger partial charge in [-0.3, -0.25) is 9.59 Å². The number of nitrogens with two attached hydrogens (primary N) is 2. The molecule has 0 saturated heterocycles. The summed E-state index contributed by atoms with van der Waals surface area (Å²) in [6.07, 6.45) is 1.64. The highest BCUT2D eigenvalue weighted by Gasteiger charge is 2.54. The molecular weight excluding hydrogens is 451 g/mol. The number of primary amides is 1. The van der Waals surface area contributed by atoms with Crippen LogP contribution < -0.4 is 11.5 Å². The van der Waals surface area contributed by atoms with Crippen molar-refractivity contribution in [2.45, 2.75) is 43.7 Å². The standard InChI is InChI=1S/C23H20ClFN4O4/c1-11-28-19(29-33-11)18-15(9-14(24)10-17(18)25)12-2-3-16-13(8-12)4-5-23(16,20(26)30)32-21(31)22(27)6-7-22/h2-3,8-10H,4-7,27H2,1H3,(H2,26,30). The van der Waals surface area contributed by atoms with Crippen LogP contribution in [0.4, 0.5) is 4.39 Å². The average Bonchev–Trinajstić information content (AvgIpc) is 3.21. The highest BCUT2D eigenvalue weighted by Crippen LogP contribution is 2.45. The highest BCUT2D eigenvalue weighted by molar-refractivity contribution is 6.31. The van der Waals surface area contributed by atoms with Crippen LogP contribution in [-0.4, -0.2) is 27.6 Å². The summed E-state index contributed by atoms with van der Waals surface area (Å²) >= 11 is 6.14. The summed E-state index contributed by atoms with van der Waals surface area (Å²) in [7, 11) is 0. The number of hydrogen-bond donors (Lipinski definition) is 2. The maximum Gasteiger partial charge on any atom is 0.327 e. The predicted molar refractivity (Wildman–Crippen MR) is 116 cm³/mol. The average molecular weight is 471 g/mol. The van der Waals surface area contributed by atoms with Crippen LogP contribution in [0.1, 0.15) is 36.3 Å². The molecule has 1 unspecified atom stereocenters. The van der Waals surface area contributed by atoms with Crippen molar-refractivity contribution in [3.63, 3.8) is 0 Å². The number of hydrogen-bond acceptors (Lipinski definition) is 7. The third kappa shape index (κ3) is 3.48. The van der Waals surface area contributed by atoms with Crippen LogP contribution in [0, 0.1) is 12.7 Å². The van der Waals surface area contributed by atoms with Gasteiger partial charge >= 0.3 is 5.97 Å². The fourth-order valence-electron chi connectivity index (χ4n) is 4.25. The molecule has 3 aromatic rings. The predicted octanol–water partition coefficient (Wildman–Crippen LogP) is 3.17. The summed E-state index contributed by atoms with van der Waals surface area (Å²) in [5.41, 5.74) is 11.5. The minimum atomic E-state index is -1.59. The van der Waals surface area contributed by atoms with Gasteiger partial charge in [0.25, 0.3) is 5.91 Å². The molecule has 0 bridgehead atoms. The molecule has 2 aliphatic carbocycles. The Hall–Kier alpha value is -3.30. The zero-order valence-corrected chi connectivity index (χ0v) is 18.4. The largest absolute Gasteiger partial charge is 0.443 e. The van der Waals surface area contributed by atoms with Crippen molar-refractivity contribution in [2.75, 3.05) is 0 Å². The van der Waals surface area contributed by atoms with Crippen molar-refractivity contribution >= 4 is 23.5 Å². The molecule has 1 aromatic heterocycles. The number of nitrogens with zero attached hydrogens (tertiary/aromatic N) is 2. The van der Waals surface area contributed by atoms with Gasteiger partial charge in [-0.2, -0.15) is 4.98 Å². The van der Waals surface area contributed by atoms with Crippen LogP contribution in [0.15, 0.2) is 34.9 Å². The van der Waals surface area contributed by atoms with Gasteiger partial charge in [0.1, 0.15) is 11.4 Å². The van der Waals surface area contributed by atoms with Crippen molar-refractivity contribution in [2.24, 2.45) is 11.5 Å². The van der Waals surface area contributed by atoms with Crippen molar-refractivity contribution in [1.29, 1.82) is 0 Å². The molecule has 170 valence electrons. The monoisotopic (exact) mass is 470 g/mol. The maximum atomic E-state index is 14.9. The number of aryl methyl sites for hydroxylation is 2. The molecule has 0 spiro atoms. The number of carbonyl (C=O) groups excluding carboxylic acids is 2. The van der Waals surface area contributed by atoms with E-state index < -0.39 is 28.8 Å². The van der Waals surface area contributed by atoms with Crippen LogP contribution in [0.3, 0.4) is 0 Å². The fourth-order valence-corrected chi connectivity index (χ4v) is 4.45. The van der Waals surface area contributed by atoms with Gasteiger partial charge in [-0.05, 0) is 48.1 Å². The molecular formula is C23H20ClFN4O4. The Bertz CT molecular complexity index is 1320. The number of esters is 1. The quantitative estimate of drug-likeness (QED) is 0.547. The van der Waals surface area contributed by atoms with Crippen LogP contribution in [-0.2, 0) is 26.3 Å². The van der Waals surface area contributed by atoms with Crippen molar-refractivity contribution < 1.29 is 23.2 Å². The summed E-state index contributed by atoms with van der Waals surface area (Å²) in [5.74, 6) is -1.61. The third-order valence-electron chi connectivity index (χ3n) is 6.26. The molecule has 1 amide bonds. The Labute approximate surface area is 193 Å². The van der Waals surface area contributed by atoms with Gasteiger partial charge in [0.15, 0.2) is 0 Å². The minimum absolute atomic E-state index is 0.0928. The second-order valence-electron chi connectivity index (χ2n) is 8.56. The van der Waals surface area contributed by atoms with Crippen LogP contribution >= 0.6 is 11.6 Å². The lowest BCUT2D eigenvalue weighted by atomic mass is 9.91. The van der Waals surface area contributed by atoms with E-state index in [0.717, 1.165) is 5.56 Å². The third-order valence-corrected chi connectivity index (χ3v) is 6.48. The molecule has 10 heteroatoms. The number of amides is 1. The van der Waals surface area contributed by atoms with E-state index in [4.69, 9.17) is 32.3 Å². The van der Waals surface area contributed by atoms with Crippen molar-refractivity contribution in [3.8, 4) is 22.5 Å². The van der Waals surface area contributed by atoms with E-state index in [1.807, 2.05) is 0 Å². The highest BCUT2D eigenvalue weighted by atomic mass is 35.5. The number of ether oxygens (including phenoxy) is 1. The topological polar surface area (TPSA) is 134 Å². The molecule has 0 aliphatic heterocycles. The van der Waals surface area contributed by atoms with Gasteiger partial charge in [0.2, 0.25) is 17.3 Å². The van der Waals surface area contributed by atoms with E-state index >= 15 is 0 Å². The second-order valence-corrected chi connectivity index (χ2v) is 8.99. The molecule has 1 fully saturated rings. The van der Waals surface area contributed by atoms with Gasteiger partial charge in [0, 0.05) is 23.9 Å². The van der Waals surface area contributed by atoms with E-state index in [-0.39, 0.29) is 22.8 Å². The summed E-state index contributed by atoms with van der Waals surface area (Å²) in [6, 6.07) is 7.93. The number of carbonyl (C=O) groups is 2. The molecule has 2 aromatic carbocycles. The molecule has 33 heavy (non-hydrogen) atoms. The lowest BCUT2D eigenvalue weighted by molar-refractivity contribution is -0.171. The van der Waals surface area contributed by atoms with Crippen LogP contribution in [0.2, 0.25) is 5.02 Å². The Morgan fingerprint density at radius 2 is 1.97 bits per heavy atom. The lowest BCUT2D eigenvalue weighted by Crippen LogP contribution is -2.47. The van der Waals surface area contributed by atoms with Gasteiger partial charge in [0.05, 0.1) is 5.56 Å². The normalized spacial score (nSPS) is 20.4. The fraction of sp³-hybridized carbons (Fsp3) is 0.304. The minimum Gasteiger partial charge on any atom is -0.443 e. The first-order chi connectivity index (χ1) is 15.6. The molecule has 8 nitrogen and oxygen atoms in total. The SMILES string of the molecule is Cc1nc(-c2c(F)cc(Cl)cc2-c2ccc3c(c2)CCC3(OC(=O)C2(N)CC2)C(N)=O)no1. The van der Waals surface area contributed by atoms with Crippen LogP contribution in [0.5, 0.6) is 0 Å². The summed E-state index contributed by atoms with van der Waals surface area (Å²) < 4.78 is 25.6. The zero-order valence-electron chi connectivity index (χ0n) is 17.7.